The van der Waals surface area contributed by atoms with Crippen LogP contribution in [-0.4, -0.2) is 59.3 Å². The lowest BCUT2D eigenvalue weighted by molar-refractivity contribution is -0.147. The van der Waals surface area contributed by atoms with Gasteiger partial charge in [-0.25, -0.2) is 9.59 Å². The Bertz CT molecular complexity index is 1460. The Balaban J connectivity index is 1.03. The van der Waals surface area contributed by atoms with E-state index in [0.717, 1.165) is 27.8 Å². The number of hydrogen-bond donors (Lipinski definition) is 3. The molecule has 0 aromatic heterocycles. The van der Waals surface area contributed by atoms with Gasteiger partial charge >= 0.3 is 12.1 Å². The van der Waals surface area contributed by atoms with Gasteiger partial charge < -0.3 is 20.5 Å². The first-order chi connectivity index (χ1) is 20.4. The van der Waals surface area contributed by atoms with Gasteiger partial charge in [0.15, 0.2) is 5.54 Å². The smallest absolute Gasteiger partial charge is 0.407 e. The number of likely N-dealkylation sites (tertiary alicyclic amines) is 1. The number of carboxylic acid groups (broad SMARTS) is 1. The monoisotopic (exact) mass is 565 g/mol. The van der Waals surface area contributed by atoms with E-state index in [4.69, 9.17) is 4.74 Å². The quantitative estimate of drug-likeness (QED) is 0.342. The number of nitrogens with zero attached hydrogens (tertiary/aromatic N) is 1. The van der Waals surface area contributed by atoms with Gasteiger partial charge in [-0.1, -0.05) is 91.0 Å². The predicted molar refractivity (Wildman–Crippen MR) is 159 cm³/mol. The van der Waals surface area contributed by atoms with Crippen molar-refractivity contribution in [1.82, 2.24) is 15.5 Å². The Kier molecular flexibility index (Phi) is 7.80. The number of aliphatic carboxylic acids is 1. The fraction of sp³-hybridized carbons (Fsp3) is 0.324. The van der Waals surface area contributed by atoms with Crippen molar-refractivity contribution in [2.24, 2.45) is 5.92 Å². The second-order valence-electron chi connectivity index (χ2n) is 11.5. The van der Waals surface area contributed by atoms with E-state index in [1.165, 1.54) is 0 Å². The number of carbonyl (C=O) groups is 3. The summed E-state index contributed by atoms with van der Waals surface area (Å²) in [7, 11) is 0. The molecular weight excluding hydrogens is 530 g/mol. The van der Waals surface area contributed by atoms with E-state index < -0.39 is 23.5 Å². The fourth-order valence-electron chi connectivity index (χ4n) is 6.53. The van der Waals surface area contributed by atoms with Crippen molar-refractivity contribution in [2.75, 3.05) is 19.7 Å². The minimum absolute atomic E-state index is 0.0383. The number of carboxylic acids is 1. The molecule has 0 bridgehead atoms. The summed E-state index contributed by atoms with van der Waals surface area (Å²) in [4.78, 5) is 40.6. The maximum absolute atomic E-state index is 13.3. The first-order valence-electron chi connectivity index (χ1n) is 14.5. The second-order valence-corrected chi connectivity index (χ2v) is 11.5. The van der Waals surface area contributed by atoms with Gasteiger partial charge in [0.1, 0.15) is 6.61 Å². The van der Waals surface area contributed by atoms with E-state index in [0.29, 0.717) is 32.4 Å². The van der Waals surface area contributed by atoms with Crippen LogP contribution in [0.1, 0.15) is 41.9 Å². The highest BCUT2D eigenvalue weighted by atomic mass is 16.5. The molecule has 3 atom stereocenters. The van der Waals surface area contributed by atoms with Crippen molar-refractivity contribution in [3.05, 3.63) is 108 Å². The number of hydrogen-bond acceptors (Lipinski definition) is 5. The largest absolute Gasteiger partial charge is 0.479 e. The van der Waals surface area contributed by atoms with Crippen molar-refractivity contribution in [3.63, 3.8) is 0 Å². The lowest BCUT2D eigenvalue weighted by Gasteiger charge is -2.30. The number of carbonyl (C=O) groups excluding carboxylic acids is 2. The van der Waals surface area contributed by atoms with E-state index in [9.17, 15) is 19.5 Å². The normalized spacial score (nSPS) is 23.1. The standard InChI is InChI=1S/C34H35N3O5/c38-31(36-34(32(39)40)17-18-37(22-34)20-23-9-2-1-3-10-23)24-11-8-12-25(19-24)35-33(41)42-21-30-28-15-6-4-13-26(28)27-14-5-7-16-29(27)30/h1-10,12-16,24-25,30H,11,17-22H2,(H,35,41)(H,36,38)(H,39,40)/t24-,25-,34?/m1/s1. The average molecular weight is 566 g/mol. The van der Waals surface area contributed by atoms with Crippen molar-refractivity contribution in [2.45, 2.75) is 43.3 Å². The zero-order chi connectivity index (χ0) is 29.1. The van der Waals surface area contributed by atoms with Crippen LogP contribution in [0.25, 0.3) is 11.1 Å². The molecule has 1 saturated heterocycles. The molecule has 1 aliphatic heterocycles. The van der Waals surface area contributed by atoms with E-state index in [2.05, 4.69) is 39.8 Å². The Morgan fingerprint density at radius 2 is 1.60 bits per heavy atom. The minimum atomic E-state index is -1.33. The first kappa shape index (κ1) is 27.7. The summed E-state index contributed by atoms with van der Waals surface area (Å²) < 4.78 is 5.69. The molecule has 3 N–H and O–H groups in total. The SMILES string of the molecule is O=C(N[C@@H]1C=CC[C@@H](C(=O)NC2(C(=O)O)CCN(Cc3ccccc3)C2)C1)OCC1c2ccccc2-c2ccccc21. The van der Waals surface area contributed by atoms with Gasteiger partial charge in [0, 0.05) is 31.5 Å². The van der Waals surface area contributed by atoms with E-state index >= 15 is 0 Å². The molecule has 0 spiro atoms. The topological polar surface area (TPSA) is 108 Å². The highest BCUT2D eigenvalue weighted by molar-refractivity contribution is 5.89. The Morgan fingerprint density at radius 1 is 0.929 bits per heavy atom. The number of allylic oxidation sites excluding steroid dienone is 1. The molecule has 8 nitrogen and oxygen atoms in total. The maximum Gasteiger partial charge on any atom is 0.407 e. The van der Waals surface area contributed by atoms with E-state index in [-0.39, 0.29) is 31.0 Å². The Hall–Kier alpha value is -4.43. The number of rotatable bonds is 8. The summed E-state index contributed by atoms with van der Waals surface area (Å²) in [6, 6.07) is 25.9. The average Bonchev–Trinajstić information content (AvgIpc) is 3.56. The highest BCUT2D eigenvalue weighted by Gasteiger charge is 2.47. The molecule has 0 saturated carbocycles. The second kappa shape index (κ2) is 11.8. The lowest BCUT2D eigenvalue weighted by atomic mass is 9.88. The Labute approximate surface area is 245 Å². The molecule has 3 aromatic carbocycles. The minimum Gasteiger partial charge on any atom is -0.479 e. The third kappa shape index (κ3) is 5.67. The molecular formula is C34H35N3O5. The van der Waals surface area contributed by atoms with Crippen molar-refractivity contribution in [1.29, 1.82) is 0 Å². The van der Waals surface area contributed by atoms with E-state index in [1.54, 1.807) is 0 Å². The van der Waals surface area contributed by atoms with Crippen LogP contribution in [0.4, 0.5) is 4.79 Å². The first-order valence-corrected chi connectivity index (χ1v) is 14.5. The molecule has 2 aliphatic carbocycles. The number of fused-ring (bicyclic) bond motifs is 3. The lowest BCUT2D eigenvalue weighted by Crippen LogP contribution is -2.58. The van der Waals surface area contributed by atoms with E-state index in [1.807, 2.05) is 66.7 Å². The molecule has 2 amide bonds. The summed E-state index contributed by atoms with van der Waals surface area (Å²) in [6.07, 6.45) is 4.39. The van der Waals surface area contributed by atoms with Crippen LogP contribution in [0.15, 0.2) is 91.0 Å². The summed E-state index contributed by atoms with van der Waals surface area (Å²) in [6.45, 7) is 1.66. The molecule has 1 unspecified atom stereocenters. The van der Waals surface area contributed by atoms with Gasteiger partial charge in [-0.15, -0.1) is 0 Å². The number of amides is 2. The zero-order valence-electron chi connectivity index (χ0n) is 23.4. The number of nitrogens with one attached hydrogen (secondary N) is 2. The van der Waals surface area contributed by atoms with Crippen LogP contribution in [0.3, 0.4) is 0 Å². The van der Waals surface area contributed by atoms with Gasteiger partial charge in [-0.2, -0.15) is 0 Å². The fourth-order valence-corrected chi connectivity index (χ4v) is 6.53. The van der Waals surface area contributed by atoms with Crippen LogP contribution < -0.4 is 10.6 Å². The number of alkyl carbamates (subject to hydrolysis) is 1. The molecule has 1 heterocycles. The zero-order valence-corrected chi connectivity index (χ0v) is 23.4. The van der Waals surface area contributed by atoms with Crippen LogP contribution >= 0.6 is 0 Å². The summed E-state index contributed by atoms with van der Waals surface area (Å²) in [5.41, 5.74) is 4.38. The van der Waals surface area contributed by atoms with Gasteiger partial charge in [0.05, 0.1) is 6.04 Å². The molecule has 0 radical (unpaired) electrons. The molecule has 3 aliphatic rings. The predicted octanol–water partition coefficient (Wildman–Crippen LogP) is 4.71. The van der Waals surface area contributed by atoms with Crippen LogP contribution in [0.5, 0.6) is 0 Å². The number of ether oxygens (including phenoxy) is 1. The maximum atomic E-state index is 13.3. The van der Waals surface area contributed by atoms with Gasteiger partial charge in [-0.3, -0.25) is 9.69 Å². The molecule has 42 heavy (non-hydrogen) atoms. The highest BCUT2D eigenvalue weighted by Crippen LogP contribution is 2.44. The molecule has 8 heteroatoms. The van der Waals surface area contributed by atoms with Crippen LogP contribution in [0, 0.1) is 5.92 Å². The van der Waals surface area contributed by atoms with Crippen LogP contribution in [-0.2, 0) is 20.9 Å². The third-order valence-electron chi connectivity index (χ3n) is 8.71. The van der Waals surface area contributed by atoms with Gasteiger partial charge in [0.2, 0.25) is 5.91 Å². The summed E-state index contributed by atoms with van der Waals surface area (Å²) in [5, 5.41) is 15.9. The van der Waals surface area contributed by atoms with Gasteiger partial charge in [-0.05, 0) is 47.1 Å². The summed E-state index contributed by atoms with van der Waals surface area (Å²) in [5.74, 6) is -1.81. The van der Waals surface area contributed by atoms with Crippen molar-refractivity contribution >= 4 is 18.0 Å². The van der Waals surface area contributed by atoms with Crippen molar-refractivity contribution < 1.29 is 24.2 Å². The summed E-state index contributed by atoms with van der Waals surface area (Å²) >= 11 is 0. The van der Waals surface area contributed by atoms with Crippen molar-refractivity contribution in [3.8, 4) is 11.1 Å². The van der Waals surface area contributed by atoms with Gasteiger partial charge in [0.25, 0.3) is 0 Å². The molecule has 3 aromatic rings. The van der Waals surface area contributed by atoms with Crippen LogP contribution in [0.2, 0.25) is 0 Å². The Morgan fingerprint density at radius 3 is 2.29 bits per heavy atom. The third-order valence-corrected chi connectivity index (χ3v) is 8.71. The molecule has 216 valence electrons. The molecule has 1 fully saturated rings. The molecule has 6 rings (SSSR count). The number of benzene rings is 3.